The summed E-state index contributed by atoms with van der Waals surface area (Å²) in [5, 5.41) is 7.39. The van der Waals surface area contributed by atoms with Crippen molar-refractivity contribution in [3.05, 3.63) is 42.0 Å². The van der Waals surface area contributed by atoms with Gasteiger partial charge < -0.3 is 14.6 Å². The summed E-state index contributed by atoms with van der Waals surface area (Å²) in [6.45, 7) is 2.33. The Morgan fingerprint density at radius 1 is 1.30 bits per heavy atom. The van der Waals surface area contributed by atoms with E-state index in [9.17, 15) is 0 Å². The second-order valence-electron chi connectivity index (χ2n) is 4.69. The van der Waals surface area contributed by atoms with E-state index in [1.165, 1.54) is 0 Å². The molecule has 1 aliphatic heterocycles. The van der Waals surface area contributed by atoms with E-state index in [1.807, 2.05) is 30.3 Å². The standard InChI is InChI=1S/C14H17N3O2.ClH/c1-2-6-12(7-3-1)18-10-13-16-14(17-19-13)11-5-4-8-15-9-11;/h1-3,6-7,11,15H,4-5,8-10H2;1H. The van der Waals surface area contributed by atoms with Gasteiger partial charge in [-0.1, -0.05) is 23.4 Å². The van der Waals surface area contributed by atoms with Gasteiger partial charge in [0, 0.05) is 12.5 Å². The number of ether oxygens (including phenoxy) is 1. The number of hydrogen-bond donors (Lipinski definition) is 1. The van der Waals surface area contributed by atoms with Gasteiger partial charge in [0.15, 0.2) is 12.4 Å². The van der Waals surface area contributed by atoms with Crippen LogP contribution in [0.5, 0.6) is 5.75 Å². The smallest absolute Gasteiger partial charge is 0.264 e. The van der Waals surface area contributed by atoms with Gasteiger partial charge in [-0.15, -0.1) is 12.4 Å². The average molecular weight is 296 g/mol. The fraction of sp³-hybridized carbons (Fsp3) is 0.429. The van der Waals surface area contributed by atoms with E-state index in [0.29, 0.717) is 18.4 Å². The van der Waals surface area contributed by atoms with Gasteiger partial charge in [-0.2, -0.15) is 4.98 Å². The number of rotatable bonds is 4. The molecule has 1 atom stereocenters. The highest BCUT2D eigenvalue weighted by atomic mass is 35.5. The van der Waals surface area contributed by atoms with Crippen molar-refractivity contribution in [2.24, 2.45) is 0 Å². The highest BCUT2D eigenvalue weighted by Gasteiger charge is 2.20. The van der Waals surface area contributed by atoms with Gasteiger partial charge in [0.2, 0.25) is 0 Å². The van der Waals surface area contributed by atoms with Crippen LogP contribution in [-0.2, 0) is 6.61 Å². The molecule has 0 radical (unpaired) electrons. The Balaban J connectivity index is 0.00000147. The first-order valence-corrected chi connectivity index (χ1v) is 6.63. The largest absolute Gasteiger partial charge is 0.484 e. The monoisotopic (exact) mass is 295 g/mol. The average Bonchev–Trinajstić information content (AvgIpc) is 2.96. The van der Waals surface area contributed by atoms with Gasteiger partial charge >= 0.3 is 0 Å². The number of aromatic nitrogens is 2. The lowest BCUT2D eigenvalue weighted by Gasteiger charge is -2.19. The number of halogens is 1. The zero-order valence-corrected chi connectivity index (χ0v) is 11.9. The highest BCUT2D eigenvalue weighted by Crippen LogP contribution is 2.20. The summed E-state index contributed by atoms with van der Waals surface area (Å²) in [5.74, 6) is 2.49. The lowest BCUT2D eigenvalue weighted by Crippen LogP contribution is -2.28. The molecule has 5 nitrogen and oxygen atoms in total. The normalized spacial score (nSPS) is 18.3. The van der Waals surface area contributed by atoms with Crippen LogP contribution in [0.1, 0.15) is 30.5 Å². The quantitative estimate of drug-likeness (QED) is 0.939. The molecule has 1 aromatic heterocycles. The molecular formula is C14H18ClN3O2. The summed E-state index contributed by atoms with van der Waals surface area (Å²) in [7, 11) is 0. The molecule has 0 aliphatic carbocycles. The Labute approximate surface area is 124 Å². The van der Waals surface area contributed by atoms with E-state index < -0.39 is 0 Å². The van der Waals surface area contributed by atoms with Crippen LogP contribution < -0.4 is 10.1 Å². The minimum absolute atomic E-state index is 0. The molecule has 2 heterocycles. The maximum absolute atomic E-state index is 5.58. The fourth-order valence-electron chi connectivity index (χ4n) is 2.23. The van der Waals surface area contributed by atoms with Crippen LogP contribution in [0.2, 0.25) is 0 Å². The second kappa shape index (κ2) is 7.26. The molecular weight excluding hydrogens is 278 g/mol. The maximum atomic E-state index is 5.58. The number of para-hydroxylation sites is 1. The van der Waals surface area contributed by atoms with Gasteiger partial charge in [-0.05, 0) is 31.5 Å². The topological polar surface area (TPSA) is 60.2 Å². The van der Waals surface area contributed by atoms with Crippen molar-refractivity contribution < 1.29 is 9.26 Å². The van der Waals surface area contributed by atoms with E-state index >= 15 is 0 Å². The lowest BCUT2D eigenvalue weighted by molar-refractivity contribution is 0.242. The van der Waals surface area contributed by atoms with E-state index in [2.05, 4.69) is 15.5 Å². The van der Waals surface area contributed by atoms with Crippen LogP contribution in [-0.4, -0.2) is 23.2 Å². The molecule has 1 fully saturated rings. The molecule has 0 bridgehead atoms. The molecule has 6 heteroatoms. The molecule has 20 heavy (non-hydrogen) atoms. The Morgan fingerprint density at radius 3 is 2.90 bits per heavy atom. The van der Waals surface area contributed by atoms with Crippen LogP contribution in [0, 0.1) is 0 Å². The Bertz CT molecular complexity index is 512. The van der Waals surface area contributed by atoms with Crippen molar-refractivity contribution >= 4 is 12.4 Å². The number of benzene rings is 1. The predicted octanol–water partition coefficient (Wildman–Crippen LogP) is 2.54. The minimum atomic E-state index is 0. The number of hydrogen-bond acceptors (Lipinski definition) is 5. The minimum Gasteiger partial charge on any atom is -0.484 e. The third-order valence-electron chi connectivity index (χ3n) is 3.25. The second-order valence-corrected chi connectivity index (χ2v) is 4.69. The molecule has 2 aromatic rings. The number of nitrogens with one attached hydrogen (secondary N) is 1. The molecule has 1 N–H and O–H groups in total. The van der Waals surface area contributed by atoms with Crippen LogP contribution in [0.4, 0.5) is 0 Å². The van der Waals surface area contributed by atoms with Crippen molar-refractivity contribution in [2.75, 3.05) is 13.1 Å². The molecule has 1 saturated heterocycles. The van der Waals surface area contributed by atoms with Gasteiger partial charge in [0.25, 0.3) is 5.89 Å². The van der Waals surface area contributed by atoms with Crippen LogP contribution in [0.3, 0.4) is 0 Å². The SMILES string of the molecule is Cl.c1ccc(OCc2nc(C3CCCNC3)no2)cc1. The van der Waals surface area contributed by atoms with E-state index in [4.69, 9.17) is 9.26 Å². The predicted molar refractivity (Wildman–Crippen MR) is 77.2 cm³/mol. The summed E-state index contributed by atoms with van der Waals surface area (Å²) in [6, 6.07) is 9.63. The Morgan fingerprint density at radius 2 is 2.15 bits per heavy atom. The first-order chi connectivity index (χ1) is 9.42. The van der Waals surface area contributed by atoms with Gasteiger partial charge in [-0.3, -0.25) is 0 Å². The molecule has 108 valence electrons. The van der Waals surface area contributed by atoms with E-state index in [1.54, 1.807) is 0 Å². The van der Waals surface area contributed by atoms with E-state index in [-0.39, 0.29) is 12.4 Å². The molecule has 0 spiro atoms. The summed E-state index contributed by atoms with van der Waals surface area (Å²) in [4.78, 5) is 4.41. The van der Waals surface area contributed by atoms with Crippen molar-refractivity contribution in [1.82, 2.24) is 15.5 Å². The van der Waals surface area contributed by atoms with Crippen LogP contribution >= 0.6 is 12.4 Å². The van der Waals surface area contributed by atoms with Gasteiger partial charge in [0.1, 0.15) is 5.75 Å². The fourth-order valence-corrected chi connectivity index (χ4v) is 2.23. The summed E-state index contributed by atoms with van der Waals surface area (Å²) >= 11 is 0. The number of piperidine rings is 1. The van der Waals surface area contributed by atoms with Crippen LogP contribution in [0.15, 0.2) is 34.9 Å². The number of nitrogens with zero attached hydrogens (tertiary/aromatic N) is 2. The zero-order chi connectivity index (χ0) is 12.9. The van der Waals surface area contributed by atoms with Crippen molar-refractivity contribution in [1.29, 1.82) is 0 Å². The molecule has 1 unspecified atom stereocenters. The van der Waals surface area contributed by atoms with E-state index in [0.717, 1.165) is 37.5 Å². The Kier molecular flexibility index (Phi) is 5.38. The summed E-state index contributed by atoms with van der Waals surface area (Å²) in [5.41, 5.74) is 0. The van der Waals surface area contributed by atoms with Crippen molar-refractivity contribution in [2.45, 2.75) is 25.4 Å². The third-order valence-corrected chi connectivity index (χ3v) is 3.25. The van der Waals surface area contributed by atoms with Crippen molar-refractivity contribution in [3.63, 3.8) is 0 Å². The maximum Gasteiger partial charge on any atom is 0.264 e. The zero-order valence-electron chi connectivity index (χ0n) is 11.1. The Hall–Kier alpha value is -1.59. The summed E-state index contributed by atoms with van der Waals surface area (Å²) in [6.07, 6.45) is 2.28. The van der Waals surface area contributed by atoms with Crippen LogP contribution in [0.25, 0.3) is 0 Å². The molecule has 1 aromatic carbocycles. The third kappa shape index (κ3) is 3.71. The first-order valence-electron chi connectivity index (χ1n) is 6.63. The van der Waals surface area contributed by atoms with Gasteiger partial charge in [0.05, 0.1) is 0 Å². The lowest BCUT2D eigenvalue weighted by atomic mass is 9.99. The molecule has 3 rings (SSSR count). The van der Waals surface area contributed by atoms with Crippen molar-refractivity contribution in [3.8, 4) is 5.75 Å². The molecule has 0 amide bonds. The summed E-state index contributed by atoms with van der Waals surface area (Å²) < 4.78 is 10.8. The first kappa shape index (κ1) is 14.8. The molecule has 1 aliphatic rings. The van der Waals surface area contributed by atoms with Gasteiger partial charge in [-0.25, -0.2) is 0 Å². The highest BCUT2D eigenvalue weighted by molar-refractivity contribution is 5.85. The molecule has 0 saturated carbocycles.